The molecule has 2 atom stereocenters. The third kappa shape index (κ3) is 4.09. The highest BCUT2D eigenvalue weighted by atomic mass is 15.1. The molecule has 3 aromatic rings. The smallest absolute Gasteiger partial charge is 0.272 e. The Balaban J connectivity index is 1.73. The van der Waals surface area contributed by atoms with Crippen LogP contribution >= 0.6 is 0 Å². The van der Waals surface area contributed by atoms with Gasteiger partial charge in [0, 0.05) is 30.2 Å². The van der Waals surface area contributed by atoms with E-state index >= 15 is 0 Å². The fourth-order valence-corrected chi connectivity index (χ4v) is 3.91. The van der Waals surface area contributed by atoms with Crippen LogP contribution in [-0.2, 0) is 0 Å². The molecule has 2 aromatic heterocycles. The van der Waals surface area contributed by atoms with Crippen molar-refractivity contribution < 1.29 is 0 Å². The summed E-state index contributed by atoms with van der Waals surface area (Å²) >= 11 is 0. The molecule has 32 heavy (non-hydrogen) atoms. The van der Waals surface area contributed by atoms with Gasteiger partial charge in [0.25, 0.3) is 6.04 Å². The molecular weight excluding hydrogens is 400 g/mol. The number of benzene rings is 1. The van der Waals surface area contributed by atoms with E-state index in [-0.39, 0.29) is 0 Å². The molecule has 1 aliphatic rings. The number of H-pyrrole nitrogens is 1. The number of aromatic amines is 1. The van der Waals surface area contributed by atoms with E-state index in [1.54, 1.807) is 12.4 Å². The summed E-state index contributed by atoms with van der Waals surface area (Å²) in [7, 11) is 4.04. The van der Waals surface area contributed by atoms with E-state index in [4.69, 9.17) is 6.57 Å². The van der Waals surface area contributed by atoms with Crippen molar-refractivity contribution in [2.45, 2.75) is 18.9 Å². The molecule has 2 unspecified atom stereocenters. The van der Waals surface area contributed by atoms with Crippen molar-refractivity contribution in [2.24, 2.45) is 4.99 Å². The predicted molar refractivity (Wildman–Crippen MR) is 126 cm³/mol. The summed E-state index contributed by atoms with van der Waals surface area (Å²) in [4.78, 5) is 15.1. The molecule has 8 heteroatoms. The topological polar surface area (TPSA) is 97.4 Å². The third-order valence-corrected chi connectivity index (χ3v) is 5.58. The average molecular weight is 425 g/mol. The number of anilines is 1. The van der Waals surface area contributed by atoms with Crippen LogP contribution in [0, 0.1) is 17.9 Å². The van der Waals surface area contributed by atoms with Crippen LogP contribution in [0.3, 0.4) is 0 Å². The first-order valence-electron chi connectivity index (χ1n) is 10.4. The normalized spacial score (nSPS) is 18.4. The lowest BCUT2D eigenvalue weighted by atomic mass is 9.79. The van der Waals surface area contributed by atoms with Gasteiger partial charge in [-0.3, -0.25) is 5.10 Å². The molecular formula is C24H24N8. The Labute approximate surface area is 187 Å². The Morgan fingerprint density at radius 1 is 1.25 bits per heavy atom. The zero-order valence-corrected chi connectivity index (χ0v) is 18.3. The number of aromatic nitrogens is 3. The van der Waals surface area contributed by atoms with Crippen LogP contribution < -0.4 is 5.32 Å². The number of nitrogens with one attached hydrogen (secondary N) is 2. The minimum Gasteiger partial charge on any atom is -0.369 e. The largest absolute Gasteiger partial charge is 0.369 e. The number of pyridine rings is 1. The number of nitriles is 1. The molecule has 0 fully saturated rings. The van der Waals surface area contributed by atoms with Gasteiger partial charge < -0.3 is 15.1 Å². The fraction of sp³-hybridized carbons (Fsp3) is 0.292. The molecule has 1 aromatic carbocycles. The van der Waals surface area contributed by atoms with Gasteiger partial charge in [0.2, 0.25) is 0 Å². The summed E-state index contributed by atoms with van der Waals surface area (Å²) in [5.41, 5.74) is 4.33. The monoisotopic (exact) mass is 424 g/mol. The van der Waals surface area contributed by atoms with E-state index < -0.39 is 12.0 Å². The molecule has 160 valence electrons. The molecule has 3 heterocycles. The Kier molecular flexibility index (Phi) is 5.98. The van der Waals surface area contributed by atoms with Gasteiger partial charge in [-0.2, -0.15) is 10.4 Å². The second-order valence-electron chi connectivity index (χ2n) is 8.06. The molecule has 1 aliphatic heterocycles. The van der Waals surface area contributed by atoms with Gasteiger partial charge in [0.15, 0.2) is 0 Å². The van der Waals surface area contributed by atoms with E-state index in [1.807, 2.05) is 51.4 Å². The van der Waals surface area contributed by atoms with E-state index in [0.717, 1.165) is 40.9 Å². The molecule has 8 nitrogen and oxygen atoms in total. The van der Waals surface area contributed by atoms with E-state index in [9.17, 15) is 5.26 Å². The Morgan fingerprint density at radius 3 is 2.78 bits per heavy atom. The Bertz CT molecular complexity index is 1270. The minimum absolute atomic E-state index is 0.401. The molecule has 0 saturated carbocycles. The number of hydrogen-bond acceptors (Lipinski definition) is 6. The van der Waals surface area contributed by atoms with Crippen molar-refractivity contribution in [1.29, 1.82) is 5.26 Å². The van der Waals surface area contributed by atoms with Gasteiger partial charge in [-0.05, 0) is 50.8 Å². The molecule has 0 aliphatic carbocycles. The molecule has 0 spiro atoms. The van der Waals surface area contributed by atoms with Crippen LogP contribution in [0.2, 0.25) is 0 Å². The Morgan fingerprint density at radius 2 is 2.09 bits per heavy atom. The van der Waals surface area contributed by atoms with Crippen molar-refractivity contribution in [3.8, 4) is 6.07 Å². The molecule has 2 N–H and O–H groups in total. The highest BCUT2D eigenvalue weighted by Gasteiger charge is 2.39. The van der Waals surface area contributed by atoms with E-state index in [1.165, 1.54) is 0 Å². The fourth-order valence-electron chi connectivity index (χ4n) is 3.91. The minimum atomic E-state index is -0.530. The second-order valence-corrected chi connectivity index (χ2v) is 8.06. The number of likely N-dealkylation sites (N-methyl/N-ethyl adjacent to an activating group) is 1. The number of nitrogens with zero attached hydrogens (tertiary/aromatic N) is 6. The molecule has 0 saturated heterocycles. The maximum Gasteiger partial charge on any atom is 0.272 e. The van der Waals surface area contributed by atoms with E-state index in [0.29, 0.717) is 17.0 Å². The Hall–Kier alpha value is -4.01. The van der Waals surface area contributed by atoms with Gasteiger partial charge in [-0.15, -0.1) is 0 Å². The van der Waals surface area contributed by atoms with Gasteiger partial charge in [-0.1, -0.05) is 6.07 Å². The summed E-state index contributed by atoms with van der Waals surface area (Å²) < 4.78 is 0. The third-order valence-electron chi connectivity index (χ3n) is 5.58. The first-order valence-corrected chi connectivity index (χ1v) is 10.4. The van der Waals surface area contributed by atoms with Crippen LogP contribution in [0.15, 0.2) is 53.3 Å². The number of hydrogen-bond donors (Lipinski definition) is 2. The standard InChI is InChI=1S/C24H24N8/c1-15-23(26-2)22(16-5-7-20-18(11-16)14-29-31-20)19(12-25)24(30-15)17-6-8-21(28-13-17)27-9-10-32(3)4/h5-8,11,13-14,22-23H,9-10H2,1,3-4H3,(H,27,28)(H,29,31). The van der Waals surface area contributed by atoms with Crippen LogP contribution in [0.4, 0.5) is 5.82 Å². The molecule has 0 radical (unpaired) electrons. The van der Waals surface area contributed by atoms with Crippen molar-refractivity contribution in [1.82, 2.24) is 20.1 Å². The summed E-state index contributed by atoms with van der Waals surface area (Å²) in [6, 6.07) is 11.5. The summed E-state index contributed by atoms with van der Waals surface area (Å²) in [6.45, 7) is 11.3. The van der Waals surface area contributed by atoms with Crippen LogP contribution in [0.1, 0.15) is 24.0 Å². The number of fused-ring (bicyclic) bond motifs is 1. The summed E-state index contributed by atoms with van der Waals surface area (Å²) in [5, 5.41) is 21.4. The highest BCUT2D eigenvalue weighted by Crippen LogP contribution is 2.40. The number of rotatable bonds is 6. The van der Waals surface area contributed by atoms with Crippen LogP contribution in [-0.4, -0.2) is 59.0 Å². The average Bonchev–Trinajstić information content (AvgIpc) is 3.26. The number of aliphatic imine (C=N–C) groups is 1. The predicted octanol–water partition coefficient (Wildman–Crippen LogP) is 3.71. The lowest BCUT2D eigenvalue weighted by Crippen LogP contribution is -2.28. The maximum atomic E-state index is 10.1. The summed E-state index contributed by atoms with van der Waals surface area (Å²) in [5.74, 6) is 0.370. The zero-order chi connectivity index (χ0) is 22.7. The second kappa shape index (κ2) is 9.01. The summed E-state index contributed by atoms with van der Waals surface area (Å²) in [6.07, 6.45) is 3.48. The zero-order valence-electron chi connectivity index (χ0n) is 18.3. The van der Waals surface area contributed by atoms with Crippen molar-refractivity contribution in [3.63, 3.8) is 0 Å². The van der Waals surface area contributed by atoms with Crippen molar-refractivity contribution in [2.75, 3.05) is 32.5 Å². The van der Waals surface area contributed by atoms with Crippen molar-refractivity contribution >= 4 is 28.1 Å². The van der Waals surface area contributed by atoms with Crippen LogP contribution in [0.5, 0.6) is 0 Å². The van der Waals surface area contributed by atoms with E-state index in [2.05, 4.69) is 41.3 Å². The first-order chi connectivity index (χ1) is 15.5. The van der Waals surface area contributed by atoms with Crippen molar-refractivity contribution in [3.05, 3.63) is 70.8 Å². The lowest BCUT2D eigenvalue weighted by Gasteiger charge is -2.24. The first kappa shape index (κ1) is 21.2. The van der Waals surface area contributed by atoms with Crippen LogP contribution in [0.25, 0.3) is 21.4 Å². The van der Waals surface area contributed by atoms with Gasteiger partial charge in [0.05, 0.1) is 34.8 Å². The highest BCUT2D eigenvalue weighted by molar-refractivity contribution is 5.99. The molecule has 4 rings (SSSR count). The quantitative estimate of drug-likeness (QED) is 0.588. The van der Waals surface area contributed by atoms with Gasteiger partial charge in [-0.25, -0.2) is 16.5 Å². The molecule has 0 amide bonds. The van der Waals surface area contributed by atoms with Gasteiger partial charge >= 0.3 is 0 Å². The molecule has 0 bridgehead atoms. The SMILES string of the molecule is [C-]#[N+]C1C(C)=NC(c2ccc(NCCN(C)C)nc2)=C(C#N)C1c1ccc2[nH]ncc2c1. The van der Waals surface area contributed by atoms with Gasteiger partial charge in [0.1, 0.15) is 11.7 Å². The maximum absolute atomic E-state index is 10.1. The lowest BCUT2D eigenvalue weighted by molar-refractivity contribution is 0.425.